The maximum atomic E-state index is 13.1. The lowest BCUT2D eigenvalue weighted by molar-refractivity contribution is 0.102. The number of hydrogen-bond donors (Lipinski definition) is 1. The molecule has 0 aliphatic carbocycles. The second-order valence-electron chi connectivity index (χ2n) is 8.90. The molecule has 4 rings (SSSR count). The summed E-state index contributed by atoms with van der Waals surface area (Å²) < 4.78 is 7.96. The van der Waals surface area contributed by atoms with E-state index in [1.807, 2.05) is 62.7 Å². The van der Waals surface area contributed by atoms with E-state index in [4.69, 9.17) is 4.74 Å². The Morgan fingerprint density at radius 2 is 1.62 bits per heavy atom. The molecule has 0 aliphatic heterocycles. The maximum absolute atomic E-state index is 13.1. The SMILES string of the molecule is Cc1cccc(Cn2nc(C)c(NC(=O)c3cccc(COc4cc(C)ccc4C)c3)c2C)c1. The molecule has 1 aromatic heterocycles. The first-order valence-electron chi connectivity index (χ1n) is 11.5. The fourth-order valence-electron chi connectivity index (χ4n) is 4.03. The largest absolute Gasteiger partial charge is 0.489 e. The third-order valence-electron chi connectivity index (χ3n) is 5.96. The molecule has 3 aromatic carbocycles. The molecule has 0 atom stereocenters. The van der Waals surface area contributed by atoms with Crippen molar-refractivity contribution in [3.8, 4) is 5.75 Å². The van der Waals surface area contributed by atoms with Gasteiger partial charge in [0.05, 0.1) is 23.6 Å². The van der Waals surface area contributed by atoms with Crippen molar-refractivity contribution in [2.24, 2.45) is 0 Å². The number of carbonyl (C=O) groups excluding carboxylic acids is 1. The van der Waals surface area contributed by atoms with Crippen LogP contribution in [0.3, 0.4) is 0 Å². The number of carbonyl (C=O) groups is 1. The van der Waals surface area contributed by atoms with Crippen molar-refractivity contribution in [2.75, 3.05) is 5.32 Å². The number of aromatic nitrogens is 2. The van der Waals surface area contributed by atoms with Crippen LogP contribution >= 0.6 is 0 Å². The van der Waals surface area contributed by atoms with Crippen LogP contribution in [0.5, 0.6) is 5.75 Å². The Balaban J connectivity index is 1.47. The molecule has 0 saturated heterocycles. The van der Waals surface area contributed by atoms with Crippen LogP contribution in [0.4, 0.5) is 5.69 Å². The van der Waals surface area contributed by atoms with Crippen LogP contribution in [-0.2, 0) is 13.2 Å². The minimum absolute atomic E-state index is 0.158. The van der Waals surface area contributed by atoms with Crippen molar-refractivity contribution in [1.29, 1.82) is 0 Å². The van der Waals surface area contributed by atoms with Gasteiger partial charge in [-0.2, -0.15) is 5.10 Å². The normalized spacial score (nSPS) is 10.9. The second-order valence-corrected chi connectivity index (χ2v) is 8.90. The molecule has 5 heteroatoms. The molecule has 5 nitrogen and oxygen atoms in total. The summed E-state index contributed by atoms with van der Waals surface area (Å²) >= 11 is 0. The first kappa shape index (κ1) is 23.3. The zero-order chi connectivity index (χ0) is 24.2. The topological polar surface area (TPSA) is 56.2 Å². The number of rotatable bonds is 7. The Bertz CT molecular complexity index is 1340. The van der Waals surface area contributed by atoms with Crippen molar-refractivity contribution >= 4 is 11.6 Å². The van der Waals surface area contributed by atoms with Gasteiger partial charge in [-0.25, -0.2) is 0 Å². The highest BCUT2D eigenvalue weighted by Crippen LogP contribution is 2.23. The van der Waals surface area contributed by atoms with Crippen molar-refractivity contribution in [3.05, 3.63) is 111 Å². The van der Waals surface area contributed by atoms with Crippen LogP contribution in [0.25, 0.3) is 0 Å². The van der Waals surface area contributed by atoms with Gasteiger partial charge in [-0.1, -0.05) is 54.1 Å². The van der Waals surface area contributed by atoms with E-state index in [1.54, 1.807) is 0 Å². The molecule has 34 heavy (non-hydrogen) atoms. The average molecular weight is 454 g/mol. The van der Waals surface area contributed by atoms with E-state index in [2.05, 4.69) is 53.7 Å². The van der Waals surface area contributed by atoms with Crippen molar-refractivity contribution in [3.63, 3.8) is 0 Å². The Morgan fingerprint density at radius 1 is 0.882 bits per heavy atom. The monoisotopic (exact) mass is 453 g/mol. The van der Waals surface area contributed by atoms with Crippen LogP contribution in [0.2, 0.25) is 0 Å². The minimum Gasteiger partial charge on any atom is -0.489 e. The van der Waals surface area contributed by atoms with Gasteiger partial charge in [0.15, 0.2) is 0 Å². The zero-order valence-corrected chi connectivity index (χ0v) is 20.5. The van der Waals surface area contributed by atoms with Crippen molar-refractivity contribution in [2.45, 2.75) is 47.8 Å². The summed E-state index contributed by atoms with van der Waals surface area (Å²) in [4.78, 5) is 13.1. The van der Waals surface area contributed by atoms with Gasteiger partial charge in [0.1, 0.15) is 12.4 Å². The van der Waals surface area contributed by atoms with Gasteiger partial charge in [-0.05, 0) is 75.1 Å². The first-order valence-corrected chi connectivity index (χ1v) is 11.5. The lowest BCUT2D eigenvalue weighted by Crippen LogP contribution is -2.14. The number of nitrogens with one attached hydrogen (secondary N) is 1. The van der Waals surface area contributed by atoms with Crippen LogP contribution in [0.1, 0.15) is 49.6 Å². The van der Waals surface area contributed by atoms with Gasteiger partial charge >= 0.3 is 0 Å². The summed E-state index contributed by atoms with van der Waals surface area (Å²) in [5, 5.41) is 7.73. The molecular weight excluding hydrogens is 422 g/mol. The summed E-state index contributed by atoms with van der Waals surface area (Å²) in [5.41, 5.74) is 8.67. The van der Waals surface area contributed by atoms with Gasteiger partial charge < -0.3 is 10.1 Å². The molecule has 1 amide bonds. The number of ether oxygens (including phenoxy) is 1. The minimum atomic E-state index is -0.158. The van der Waals surface area contributed by atoms with Gasteiger partial charge in [-0.15, -0.1) is 0 Å². The third kappa shape index (κ3) is 5.37. The van der Waals surface area contributed by atoms with Crippen molar-refractivity contribution < 1.29 is 9.53 Å². The van der Waals surface area contributed by atoms with Gasteiger partial charge in [0.2, 0.25) is 0 Å². The van der Waals surface area contributed by atoms with Gasteiger partial charge in [0, 0.05) is 5.56 Å². The number of amides is 1. The fourth-order valence-corrected chi connectivity index (χ4v) is 4.03. The van der Waals surface area contributed by atoms with Crippen LogP contribution < -0.4 is 10.1 Å². The van der Waals surface area contributed by atoms with E-state index in [-0.39, 0.29) is 5.91 Å². The number of hydrogen-bond acceptors (Lipinski definition) is 3. The Labute approximate surface area is 201 Å². The van der Waals surface area contributed by atoms with Crippen LogP contribution in [0.15, 0.2) is 66.7 Å². The highest BCUT2D eigenvalue weighted by Gasteiger charge is 2.16. The highest BCUT2D eigenvalue weighted by atomic mass is 16.5. The van der Waals surface area contributed by atoms with E-state index in [1.165, 1.54) is 11.1 Å². The zero-order valence-electron chi connectivity index (χ0n) is 20.5. The van der Waals surface area contributed by atoms with Crippen LogP contribution in [-0.4, -0.2) is 15.7 Å². The number of aryl methyl sites for hydroxylation is 4. The molecule has 4 aromatic rings. The average Bonchev–Trinajstić information content (AvgIpc) is 3.07. The van der Waals surface area contributed by atoms with Crippen LogP contribution in [0, 0.1) is 34.6 Å². The summed E-state index contributed by atoms with van der Waals surface area (Å²) in [6, 6.07) is 22.1. The number of nitrogens with zero attached hydrogens (tertiary/aromatic N) is 2. The number of anilines is 1. The highest BCUT2D eigenvalue weighted by molar-refractivity contribution is 6.05. The summed E-state index contributed by atoms with van der Waals surface area (Å²) in [6.07, 6.45) is 0. The lowest BCUT2D eigenvalue weighted by atomic mass is 10.1. The molecule has 0 unspecified atom stereocenters. The summed E-state index contributed by atoms with van der Waals surface area (Å²) in [6.45, 7) is 11.1. The lowest BCUT2D eigenvalue weighted by Gasteiger charge is -2.11. The van der Waals surface area contributed by atoms with Gasteiger partial charge in [-0.3, -0.25) is 9.48 Å². The molecule has 0 saturated carbocycles. The molecule has 0 spiro atoms. The molecule has 0 bridgehead atoms. The van der Waals surface area contributed by atoms with Gasteiger partial charge in [0.25, 0.3) is 5.91 Å². The van der Waals surface area contributed by atoms with E-state index in [9.17, 15) is 4.79 Å². The Hall–Kier alpha value is -3.86. The second kappa shape index (κ2) is 9.96. The number of benzene rings is 3. The predicted octanol–water partition coefficient (Wildman–Crippen LogP) is 6.30. The van der Waals surface area contributed by atoms with E-state index in [0.717, 1.165) is 39.5 Å². The molecule has 174 valence electrons. The van der Waals surface area contributed by atoms with E-state index >= 15 is 0 Å². The third-order valence-corrected chi connectivity index (χ3v) is 5.96. The smallest absolute Gasteiger partial charge is 0.255 e. The summed E-state index contributed by atoms with van der Waals surface area (Å²) in [5.74, 6) is 0.706. The molecule has 0 aliphatic rings. The first-order chi connectivity index (χ1) is 16.3. The molecule has 0 fully saturated rings. The Kier molecular flexibility index (Phi) is 6.82. The van der Waals surface area contributed by atoms with E-state index in [0.29, 0.717) is 18.7 Å². The Morgan fingerprint density at radius 3 is 2.41 bits per heavy atom. The molecule has 0 radical (unpaired) electrons. The summed E-state index contributed by atoms with van der Waals surface area (Å²) in [7, 11) is 0. The van der Waals surface area contributed by atoms with E-state index < -0.39 is 0 Å². The predicted molar refractivity (Wildman–Crippen MR) is 137 cm³/mol. The molecular formula is C29H31N3O2. The standard InChI is InChI=1S/C29H31N3O2/c1-19-8-6-9-24(14-19)17-32-23(5)28(22(4)31-32)30-29(33)26-11-7-10-25(16-26)18-34-27-15-20(2)12-13-21(27)3/h6-16H,17-18H2,1-5H3,(H,30,33). The quantitative estimate of drug-likeness (QED) is 0.357. The molecule has 1 heterocycles. The van der Waals surface area contributed by atoms with Crippen molar-refractivity contribution in [1.82, 2.24) is 9.78 Å². The fraction of sp³-hybridized carbons (Fsp3) is 0.241. The maximum Gasteiger partial charge on any atom is 0.255 e. The molecule has 1 N–H and O–H groups in total.